The van der Waals surface area contributed by atoms with Gasteiger partial charge in [-0.1, -0.05) is 18.2 Å². The first kappa shape index (κ1) is 19.4. The van der Waals surface area contributed by atoms with E-state index in [0.717, 1.165) is 16.9 Å². The molecule has 0 amide bonds. The maximum atomic E-state index is 5.35. The molecule has 28 heavy (non-hydrogen) atoms. The minimum atomic E-state index is 0.381. The first-order valence-corrected chi connectivity index (χ1v) is 8.82. The number of allylic oxidation sites excluding steroid dienone is 1. The highest BCUT2D eigenvalue weighted by atomic mass is 32.1. The van der Waals surface area contributed by atoms with Crippen LogP contribution in [0.4, 0.5) is 0 Å². The van der Waals surface area contributed by atoms with E-state index in [2.05, 4.69) is 15.3 Å². The van der Waals surface area contributed by atoms with E-state index in [1.165, 1.54) is 0 Å². The fraction of sp³-hybridized carbons (Fsp3) is 0.150. The van der Waals surface area contributed by atoms with Crippen LogP contribution in [-0.2, 0) is 0 Å². The molecule has 0 radical (unpaired) electrons. The third-order valence-electron chi connectivity index (χ3n) is 3.98. The molecule has 8 heteroatoms. The fourth-order valence-corrected chi connectivity index (χ4v) is 2.80. The standard InChI is InChI=1S/C20H20N4O3S/c1-25-16-9-5-4-7-14(16)8-6-12-21-24-19(22-23-20(24)28)15-10-11-17(26-2)18(13-15)27-3/h4-13H,1-3H3,(H,23,28)/b8-6+,21-12-. The summed E-state index contributed by atoms with van der Waals surface area (Å²) in [6.45, 7) is 0. The SMILES string of the molecule is COc1ccccc1/C=C/C=N\n1c(-c2ccc(OC)c(OC)c2)n[nH]c1=S. The second-order valence-corrected chi connectivity index (χ2v) is 5.99. The van der Waals surface area contributed by atoms with Crippen molar-refractivity contribution < 1.29 is 14.2 Å². The van der Waals surface area contributed by atoms with Gasteiger partial charge < -0.3 is 14.2 Å². The fourth-order valence-electron chi connectivity index (χ4n) is 2.62. The molecule has 0 saturated carbocycles. The summed E-state index contributed by atoms with van der Waals surface area (Å²) in [6.07, 6.45) is 5.36. The highest BCUT2D eigenvalue weighted by Gasteiger charge is 2.12. The van der Waals surface area contributed by atoms with Gasteiger partial charge in [0.1, 0.15) is 5.75 Å². The minimum absolute atomic E-state index is 0.381. The highest BCUT2D eigenvalue weighted by Crippen LogP contribution is 2.31. The van der Waals surface area contributed by atoms with E-state index in [1.54, 1.807) is 32.2 Å². The molecule has 0 unspecified atom stereocenters. The summed E-state index contributed by atoms with van der Waals surface area (Å²) in [6, 6.07) is 13.2. The minimum Gasteiger partial charge on any atom is -0.496 e. The number of H-pyrrole nitrogens is 1. The van der Waals surface area contributed by atoms with Crippen molar-refractivity contribution in [3.05, 3.63) is 58.9 Å². The molecule has 7 nitrogen and oxygen atoms in total. The van der Waals surface area contributed by atoms with E-state index < -0.39 is 0 Å². The Kier molecular flexibility index (Phi) is 6.23. The molecule has 0 spiro atoms. The van der Waals surface area contributed by atoms with Crippen LogP contribution in [-0.4, -0.2) is 42.4 Å². The number of aromatic nitrogens is 3. The van der Waals surface area contributed by atoms with Crippen LogP contribution in [0.5, 0.6) is 17.2 Å². The van der Waals surface area contributed by atoms with E-state index in [0.29, 0.717) is 22.1 Å². The predicted molar refractivity (Wildman–Crippen MR) is 112 cm³/mol. The zero-order valence-electron chi connectivity index (χ0n) is 15.7. The predicted octanol–water partition coefficient (Wildman–Crippen LogP) is 4.18. The van der Waals surface area contributed by atoms with Crippen LogP contribution in [0.3, 0.4) is 0 Å². The van der Waals surface area contributed by atoms with Gasteiger partial charge in [0, 0.05) is 17.3 Å². The molecule has 0 bridgehead atoms. The molecule has 3 aromatic rings. The van der Waals surface area contributed by atoms with Crippen LogP contribution in [0.2, 0.25) is 0 Å². The normalized spacial score (nSPS) is 11.2. The van der Waals surface area contributed by atoms with E-state index in [1.807, 2.05) is 54.6 Å². The molecule has 0 aliphatic rings. The summed E-state index contributed by atoms with van der Waals surface area (Å²) in [5, 5.41) is 11.4. The van der Waals surface area contributed by atoms with Crippen LogP contribution in [0.25, 0.3) is 17.5 Å². The molecular weight excluding hydrogens is 376 g/mol. The van der Waals surface area contributed by atoms with Gasteiger partial charge in [-0.2, -0.15) is 14.9 Å². The van der Waals surface area contributed by atoms with Crippen LogP contribution in [0, 0.1) is 4.77 Å². The van der Waals surface area contributed by atoms with E-state index in [4.69, 9.17) is 26.4 Å². The third-order valence-corrected chi connectivity index (χ3v) is 4.24. The molecule has 144 valence electrons. The number of nitrogens with one attached hydrogen (secondary N) is 1. The van der Waals surface area contributed by atoms with Crippen molar-refractivity contribution in [2.45, 2.75) is 0 Å². The van der Waals surface area contributed by atoms with Crippen molar-refractivity contribution in [2.24, 2.45) is 5.10 Å². The van der Waals surface area contributed by atoms with E-state index in [9.17, 15) is 0 Å². The molecule has 0 aliphatic heterocycles. The number of hydrogen-bond donors (Lipinski definition) is 1. The number of nitrogens with zero attached hydrogens (tertiary/aromatic N) is 3. The Morgan fingerprint density at radius 1 is 1.00 bits per heavy atom. The summed E-state index contributed by atoms with van der Waals surface area (Å²) in [7, 11) is 4.81. The quantitative estimate of drug-likeness (QED) is 0.479. The van der Waals surface area contributed by atoms with Crippen molar-refractivity contribution in [1.29, 1.82) is 0 Å². The number of ether oxygens (including phenoxy) is 3. The topological polar surface area (TPSA) is 73.7 Å². The second kappa shape index (κ2) is 9.01. The third kappa shape index (κ3) is 4.12. The van der Waals surface area contributed by atoms with Crippen molar-refractivity contribution in [3.8, 4) is 28.6 Å². The molecule has 0 fully saturated rings. The summed E-state index contributed by atoms with van der Waals surface area (Å²) in [5.74, 6) is 2.58. The van der Waals surface area contributed by atoms with Crippen LogP contribution < -0.4 is 14.2 Å². The smallest absolute Gasteiger partial charge is 0.216 e. The number of methoxy groups -OCH3 is 3. The van der Waals surface area contributed by atoms with Gasteiger partial charge in [-0.05, 0) is 48.6 Å². The average molecular weight is 396 g/mol. The average Bonchev–Trinajstić information content (AvgIpc) is 3.11. The van der Waals surface area contributed by atoms with Crippen LogP contribution >= 0.6 is 12.2 Å². The monoisotopic (exact) mass is 396 g/mol. The van der Waals surface area contributed by atoms with Gasteiger partial charge in [-0.3, -0.25) is 0 Å². The molecule has 1 aromatic heterocycles. The molecule has 3 rings (SSSR count). The molecule has 1 N–H and O–H groups in total. The number of para-hydroxylation sites is 1. The lowest BCUT2D eigenvalue weighted by Gasteiger charge is -2.08. The largest absolute Gasteiger partial charge is 0.496 e. The number of benzene rings is 2. The second-order valence-electron chi connectivity index (χ2n) is 5.60. The highest BCUT2D eigenvalue weighted by molar-refractivity contribution is 7.71. The van der Waals surface area contributed by atoms with Gasteiger partial charge in [0.05, 0.1) is 21.3 Å². The Morgan fingerprint density at radius 3 is 2.50 bits per heavy atom. The van der Waals surface area contributed by atoms with Crippen molar-refractivity contribution in [2.75, 3.05) is 21.3 Å². The molecule has 0 aliphatic carbocycles. The van der Waals surface area contributed by atoms with Gasteiger partial charge in [0.15, 0.2) is 17.3 Å². The number of rotatable bonds is 7. The number of aromatic amines is 1. The van der Waals surface area contributed by atoms with Gasteiger partial charge in [-0.25, -0.2) is 5.10 Å². The number of hydrogen-bond acceptors (Lipinski definition) is 6. The first-order chi connectivity index (χ1) is 13.7. The molecule has 1 heterocycles. The summed E-state index contributed by atoms with van der Waals surface area (Å²) in [5.41, 5.74) is 1.74. The zero-order valence-corrected chi connectivity index (χ0v) is 16.6. The summed E-state index contributed by atoms with van der Waals surface area (Å²) < 4.78 is 17.9. The Bertz CT molecular complexity index is 1070. The Hall–Kier alpha value is -3.39. The molecule has 0 atom stereocenters. The van der Waals surface area contributed by atoms with Gasteiger partial charge >= 0.3 is 0 Å². The van der Waals surface area contributed by atoms with E-state index >= 15 is 0 Å². The first-order valence-electron chi connectivity index (χ1n) is 8.41. The molecule has 2 aromatic carbocycles. The Labute approximate surface area is 167 Å². The maximum Gasteiger partial charge on any atom is 0.216 e. The lowest BCUT2D eigenvalue weighted by molar-refractivity contribution is 0.355. The van der Waals surface area contributed by atoms with Gasteiger partial charge in [0.25, 0.3) is 0 Å². The van der Waals surface area contributed by atoms with E-state index in [-0.39, 0.29) is 0 Å². The maximum absolute atomic E-state index is 5.35. The summed E-state index contributed by atoms with van der Waals surface area (Å²) >= 11 is 5.30. The van der Waals surface area contributed by atoms with Crippen LogP contribution in [0.15, 0.2) is 53.6 Å². The Morgan fingerprint density at radius 2 is 1.75 bits per heavy atom. The zero-order chi connectivity index (χ0) is 19.9. The lowest BCUT2D eigenvalue weighted by atomic mass is 10.2. The van der Waals surface area contributed by atoms with Crippen molar-refractivity contribution in [1.82, 2.24) is 14.9 Å². The van der Waals surface area contributed by atoms with Crippen molar-refractivity contribution >= 4 is 24.5 Å². The summed E-state index contributed by atoms with van der Waals surface area (Å²) in [4.78, 5) is 0. The molecular formula is C20H20N4O3S. The van der Waals surface area contributed by atoms with Gasteiger partial charge in [0.2, 0.25) is 4.77 Å². The van der Waals surface area contributed by atoms with Crippen LogP contribution in [0.1, 0.15) is 5.56 Å². The molecule has 0 saturated heterocycles. The lowest BCUT2D eigenvalue weighted by Crippen LogP contribution is -1.96. The van der Waals surface area contributed by atoms with Gasteiger partial charge in [-0.15, -0.1) is 0 Å². The Balaban J connectivity index is 1.88. The van der Waals surface area contributed by atoms with Crippen molar-refractivity contribution in [3.63, 3.8) is 0 Å².